The van der Waals surface area contributed by atoms with Gasteiger partial charge in [0.05, 0.1) is 26.4 Å². The molecule has 0 radical (unpaired) electrons. The third kappa shape index (κ3) is 40.6. The Labute approximate surface area is 332 Å². The number of carbonyl (C=O) groups excluding carboxylic acids is 1. The molecule has 0 aromatic heterocycles. The Morgan fingerprint density at radius 3 is 1.52 bits per heavy atom. The summed E-state index contributed by atoms with van der Waals surface area (Å²) in [6.45, 7) is 3.52. The molecule has 0 aliphatic heterocycles. The average Bonchev–Trinajstić information content (AvgIpc) is 3.16. The number of aliphatic hydroxyl groups is 2. The minimum absolute atomic E-state index is 0.0503. The minimum Gasteiger partial charge on any atom is -0.457 e. The molecule has 9 nitrogen and oxygen atoms in total. The van der Waals surface area contributed by atoms with Crippen LogP contribution in [0.5, 0.6) is 0 Å². The van der Waals surface area contributed by atoms with Crippen molar-refractivity contribution in [2.75, 3.05) is 33.0 Å². The number of phosphoric acid groups is 1. The molecule has 1 unspecified atom stereocenters. The second-order valence-electron chi connectivity index (χ2n) is 15.1. The smallest absolute Gasteiger partial charge is 0.457 e. The Balaban J connectivity index is 4.15. The quantitative estimate of drug-likeness (QED) is 0.0239. The second kappa shape index (κ2) is 41.6. The second-order valence-corrected chi connectivity index (χ2v) is 16.5. The maximum atomic E-state index is 12.6. The van der Waals surface area contributed by atoms with E-state index in [4.69, 9.17) is 23.6 Å². The molecular weight excluding hydrogens is 703 g/mol. The van der Waals surface area contributed by atoms with E-state index in [0.717, 1.165) is 51.4 Å². The topological polar surface area (TPSA) is 132 Å². The van der Waals surface area contributed by atoms with E-state index in [1.807, 2.05) is 0 Å². The summed E-state index contributed by atoms with van der Waals surface area (Å²) in [6, 6.07) is 0. The van der Waals surface area contributed by atoms with Gasteiger partial charge in [0.1, 0.15) is 12.2 Å². The molecule has 3 atom stereocenters. The lowest BCUT2D eigenvalue weighted by Gasteiger charge is -2.20. The van der Waals surface area contributed by atoms with E-state index < -0.39 is 33.2 Å². The molecule has 10 heteroatoms. The number of aliphatic hydroxyl groups excluding tert-OH is 2. The van der Waals surface area contributed by atoms with Crippen LogP contribution in [0.1, 0.15) is 206 Å². The molecule has 0 heterocycles. The molecule has 0 aliphatic rings. The summed E-state index contributed by atoms with van der Waals surface area (Å²) >= 11 is 0. The lowest BCUT2D eigenvalue weighted by atomic mass is 10.0. The summed E-state index contributed by atoms with van der Waals surface area (Å²) in [4.78, 5) is 22.6. The Hall–Kier alpha value is -1.06. The van der Waals surface area contributed by atoms with Crippen molar-refractivity contribution in [2.45, 2.75) is 219 Å². The van der Waals surface area contributed by atoms with Crippen molar-refractivity contribution in [1.29, 1.82) is 0 Å². The van der Waals surface area contributed by atoms with Crippen LogP contribution < -0.4 is 0 Å². The van der Waals surface area contributed by atoms with Gasteiger partial charge in [0, 0.05) is 13.0 Å². The highest BCUT2D eigenvalue weighted by atomic mass is 31.2. The normalized spacial score (nSPS) is 14.2. The van der Waals surface area contributed by atoms with Gasteiger partial charge in [-0.15, -0.1) is 0 Å². The summed E-state index contributed by atoms with van der Waals surface area (Å²) in [5, 5.41) is 18.3. The predicted molar refractivity (Wildman–Crippen MR) is 224 cm³/mol. The number of hydrogen-bond acceptors (Lipinski definition) is 8. The molecule has 0 aliphatic carbocycles. The van der Waals surface area contributed by atoms with E-state index >= 15 is 0 Å². The first kappa shape index (κ1) is 52.9. The van der Waals surface area contributed by atoms with Crippen LogP contribution in [0.3, 0.4) is 0 Å². The first-order valence-electron chi connectivity index (χ1n) is 22.3. The molecule has 3 N–H and O–H groups in total. The van der Waals surface area contributed by atoms with Gasteiger partial charge in [-0.1, -0.05) is 179 Å². The van der Waals surface area contributed by atoms with Crippen LogP contribution in [-0.4, -0.2) is 66.3 Å². The van der Waals surface area contributed by atoms with Crippen molar-refractivity contribution in [3.8, 4) is 0 Å². The summed E-state index contributed by atoms with van der Waals surface area (Å²) in [5.74, 6) is -0.387. The highest BCUT2D eigenvalue weighted by Gasteiger charge is 2.26. The third-order valence-electron chi connectivity index (χ3n) is 9.64. The number of hydrogen-bond donors (Lipinski definition) is 3. The van der Waals surface area contributed by atoms with Crippen molar-refractivity contribution in [3.63, 3.8) is 0 Å². The van der Waals surface area contributed by atoms with Gasteiger partial charge in [-0.05, 0) is 44.9 Å². The summed E-state index contributed by atoms with van der Waals surface area (Å²) in [5.41, 5.74) is 0. The van der Waals surface area contributed by atoms with Crippen molar-refractivity contribution in [3.05, 3.63) is 24.3 Å². The zero-order chi connectivity index (χ0) is 39.6. The first-order chi connectivity index (χ1) is 26.3. The molecule has 54 heavy (non-hydrogen) atoms. The number of phosphoric ester groups is 1. The molecule has 0 spiro atoms. The van der Waals surface area contributed by atoms with E-state index in [-0.39, 0.29) is 25.6 Å². The van der Waals surface area contributed by atoms with Gasteiger partial charge in [0.25, 0.3) is 0 Å². The van der Waals surface area contributed by atoms with Crippen LogP contribution >= 0.6 is 7.82 Å². The fourth-order valence-corrected chi connectivity index (χ4v) is 7.00. The number of esters is 1. The highest BCUT2D eigenvalue weighted by molar-refractivity contribution is 7.47. The van der Waals surface area contributed by atoms with Crippen molar-refractivity contribution in [2.24, 2.45) is 0 Å². The van der Waals surface area contributed by atoms with Crippen molar-refractivity contribution in [1.82, 2.24) is 0 Å². The van der Waals surface area contributed by atoms with Crippen LogP contribution in [0.25, 0.3) is 0 Å². The standard InChI is InChI=1S/C44H85O9P/c1-3-5-7-9-11-13-15-17-19-21-22-24-26-28-30-32-34-36-44(47)53-43(41-52-54(48,49)51-39-42(46)38-45)40-50-37-35-33-31-29-27-25-23-20-18-16-14-12-10-8-6-4-2/h11,13,17,19,42-43,45-46H,3-10,12,14-16,18,20-41H2,1-2H3,(H,48,49)/b13-11-,19-17-/t42-,43+/m0/s1. The minimum atomic E-state index is -4.52. The van der Waals surface area contributed by atoms with Gasteiger partial charge in [0.15, 0.2) is 0 Å². The van der Waals surface area contributed by atoms with Gasteiger partial charge in [-0.25, -0.2) is 4.57 Å². The van der Waals surface area contributed by atoms with Crippen molar-refractivity contribution >= 4 is 13.8 Å². The lowest BCUT2D eigenvalue weighted by Crippen LogP contribution is -2.29. The number of allylic oxidation sites excluding steroid dienone is 4. The van der Waals surface area contributed by atoms with Gasteiger partial charge >= 0.3 is 13.8 Å². The van der Waals surface area contributed by atoms with Gasteiger partial charge < -0.3 is 24.6 Å². The monoisotopic (exact) mass is 789 g/mol. The maximum Gasteiger partial charge on any atom is 0.472 e. The molecule has 0 aromatic rings. The fourth-order valence-electron chi connectivity index (χ4n) is 6.21. The molecular formula is C44H85O9P. The van der Waals surface area contributed by atoms with Gasteiger partial charge in [0.2, 0.25) is 0 Å². The molecule has 0 aromatic carbocycles. The van der Waals surface area contributed by atoms with Crippen molar-refractivity contribution < 1.29 is 43.0 Å². The van der Waals surface area contributed by atoms with E-state index in [1.165, 1.54) is 135 Å². The Morgan fingerprint density at radius 1 is 0.574 bits per heavy atom. The molecule has 0 saturated heterocycles. The molecule has 0 saturated carbocycles. The highest BCUT2D eigenvalue weighted by Crippen LogP contribution is 2.43. The van der Waals surface area contributed by atoms with E-state index in [0.29, 0.717) is 6.61 Å². The number of unbranched alkanes of at least 4 members (excludes halogenated alkanes) is 25. The molecule has 0 bridgehead atoms. The van der Waals surface area contributed by atoms with Gasteiger partial charge in [-0.3, -0.25) is 13.8 Å². The van der Waals surface area contributed by atoms with Gasteiger partial charge in [-0.2, -0.15) is 0 Å². The van der Waals surface area contributed by atoms with Crippen LogP contribution in [0.4, 0.5) is 0 Å². The van der Waals surface area contributed by atoms with E-state index in [9.17, 15) is 19.4 Å². The SMILES string of the molecule is CCCCC/C=C\C/C=C\CCCCCCCCCC(=O)O[C@H](COCCCCCCCCCCCCCCCCCC)COP(=O)(O)OC[C@@H](O)CO. The Morgan fingerprint density at radius 2 is 1.00 bits per heavy atom. The molecule has 320 valence electrons. The number of rotatable bonds is 43. The lowest BCUT2D eigenvalue weighted by molar-refractivity contribution is -0.154. The number of carbonyl (C=O) groups is 1. The average molecular weight is 789 g/mol. The molecule has 0 amide bonds. The predicted octanol–water partition coefficient (Wildman–Crippen LogP) is 12.3. The Bertz CT molecular complexity index is 897. The van der Waals surface area contributed by atoms with E-state index in [1.54, 1.807) is 0 Å². The zero-order valence-corrected chi connectivity index (χ0v) is 35.8. The molecule has 0 fully saturated rings. The van der Waals surface area contributed by atoms with Crippen LogP contribution in [0.15, 0.2) is 24.3 Å². The summed E-state index contributed by atoms with van der Waals surface area (Å²) in [7, 11) is -4.52. The van der Waals surface area contributed by atoms with Crippen LogP contribution in [0.2, 0.25) is 0 Å². The largest absolute Gasteiger partial charge is 0.472 e. The van der Waals surface area contributed by atoms with Crippen LogP contribution in [-0.2, 0) is 27.9 Å². The Kier molecular flexibility index (Phi) is 40.8. The zero-order valence-electron chi connectivity index (χ0n) is 35.0. The fraction of sp³-hybridized carbons (Fsp3) is 0.886. The van der Waals surface area contributed by atoms with Crippen LogP contribution in [0, 0.1) is 0 Å². The maximum absolute atomic E-state index is 12.6. The third-order valence-corrected chi connectivity index (χ3v) is 10.6. The summed E-state index contributed by atoms with van der Waals surface area (Å²) in [6.07, 6.45) is 42.7. The number of ether oxygens (including phenoxy) is 2. The molecule has 0 rings (SSSR count). The first-order valence-corrected chi connectivity index (χ1v) is 23.8. The van der Waals surface area contributed by atoms with E-state index in [2.05, 4.69) is 38.2 Å². The summed E-state index contributed by atoms with van der Waals surface area (Å²) < 4.78 is 33.4.